The molecule has 0 fully saturated rings. The van der Waals surface area contributed by atoms with Crippen molar-refractivity contribution in [3.8, 4) is 5.75 Å². The smallest absolute Gasteiger partial charge is 0.342 e. The molecule has 0 aliphatic carbocycles. The van der Waals surface area contributed by atoms with Gasteiger partial charge in [-0.3, -0.25) is 9.59 Å². The number of phenolic OH excluding ortho intramolecular Hbond substituents is 1. The number of benzene rings is 2. The lowest BCUT2D eigenvalue weighted by Crippen LogP contribution is -2.22. The molecule has 2 aromatic carbocycles. The van der Waals surface area contributed by atoms with Crippen LogP contribution in [0, 0.1) is 0 Å². The number of ether oxygens (including phenoxy) is 1. The quantitative estimate of drug-likeness (QED) is 0.707. The van der Waals surface area contributed by atoms with Crippen LogP contribution < -0.4 is 10.6 Å². The van der Waals surface area contributed by atoms with E-state index in [2.05, 4.69) is 10.6 Å². The molecular weight excluding hydrogens is 348 g/mol. The fourth-order valence-corrected chi connectivity index (χ4v) is 2.13. The minimum atomic E-state index is -0.880. The Morgan fingerprint density at radius 3 is 2.64 bits per heavy atom. The molecular formula is C17H15ClN2O5. The lowest BCUT2D eigenvalue weighted by molar-refractivity contribution is -0.119. The summed E-state index contributed by atoms with van der Waals surface area (Å²) in [6.07, 6.45) is 0. The van der Waals surface area contributed by atoms with Crippen molar-refractivity contribution < 1.29 is 24.2 Å². The fraction of sp³-hybridized carbons (Fsp3) is 0.118. The van der Waals surface area contributed by atoms with Gasteiger partial charge in [0.05, 0.1) is 0 Å². The summed E-state index contributed by atoms with van der Waals surface area (Å²) in [4.78, 5) is 35.3. The molecule has 0 bridgehead atoms. The molecule has 0 aliphatic heterocycles. The third-order valence-corrected chi connectivity index (χ3v) is 3.38. The van der Waals surface area contributed by atoms with Crippen molar-refractivity contribution in [2.75, 3.05) is 19.0 Å². The van der Waals surface area contributed by atoms with Crippen molar-refractivity contribution in [2.24, 2.45) is 0 Å². The zero-order valence-corrected chi connectivity index (χ0v) is 14.0. The van der Waals surface area contributed by atoms with Crippen LogP contribution in [0.15, 0.2) is 42.5 Å². The molecule has 0 heterocycles. The Bertz CT molecular complexity index is 822. The van der Waals surface area contributed by atoms with Crippen LogP contribution in [-0.2, 0) is 9.53 Å². The number of anilines is 1. The molecule has 2 rings (SSSR count). The number of halogens is 1. The molecule has 0 radical (unpaired) electrons. The molecule has 0 atom stereocenters. The van der Waals surface area contributed by atoms with Gasteiger partial charge in [0.1, 0.15) is 11.3 Å². The SMILES string of the molecule is CNC(=O)c1cccc(NC(=O)COC(=O)c2cc(Cl)ccc2O)c1. The van der Waals surface area contributed by atoms with Gasteiger partial charge in [-0.15, -0.1) is 0 Å². The first-order chi connectivity index (χ1) is 11.9. The summed E-state index contributed by atoms with van der Waals surface area (Å²) in [5, 5.41) is 14.8. The number of hydrogen-bond acceptors (Lipinski definition) is 5. The van der Waals surface area contributed by atoms with E-state index < -0.39 is 18.5 Å². The van der Waals surface area contributed by atoms with E-state index in [1.807, 2.05) is 0 Å². The molecule has 3 N–H and O–H groups in total. The van der Waals surface area contributed by atoms with Gasteiger partial charge in [-0.1, -0.05) is 17.7 Å². The molecule has 130 valence electrons. The number of hydrogen-bond donors (Lipinski definition) is 3. The number of esters is 1. The van der Waals surface area contributed by atoms with Crippen molar-refractivity contribution in [3.05, 3.63) is 58.6 Å². The summed E-state index contributed by atoms with van der Waals surface area (Å²) in [5.41, 5.74) is 0.621. The van der Waals surface area contributed by atoms with Crippen LogP contribution in [0.3, 0.4) is 0 Å². The van der Waals surface area contributed by atoms with Crippen molar-refractivity contribution in [3.63, 3.8) is 0 Å². The summed E-state index contributed by atoms with van der Waals surface area (Å²) < 4.78 is 4.85. The van der Waals surface area contributed by atoms with Crippen molar-refractivity contribution in [1.82, 2.24) is 5.32 Å². The van der Waals surface area contributed by atoms with E-state index in [1.54, 1.807) is 18.2 Å². The van der Waals surface area contributed by atoms with Gasteiger partial charge in [0.15, 0.2) is 6.61 Å². The Kier molecular flexibility index (Phi) is 5.97. The number of carbonyl (C=O) groups is 3. The first-order valence-corrected chi connectivity index (χ1v) is 7.56. The lowest BCUT2D eigenvalue weighted by Gasteiger charge is -2.09. The molecule has 0 aromatic heterocycles. The van der Waals surface area contributed by atoms with Crippen molar-refractivity contribution >= 4 is 35.1 Å². The molecule has 0 spiro atoms. The van der Waals surface area contributed by atoms with E-state index in [9.17, 15) is 19.5 Å². The summed E-state index contributed by atoms with van der Waals surface area (Å²) in [7, 11) is 1.50. The first kappa shape index (κ1) is 18.3. The van der Waals surface area contributed by atoms with Gasteiger partial charge >= 0.3 is 5.97 Å². The topological polar surface area (TPSA) is 105 Å². The number of nitrogens with one attached hydrogen (secondary N) is 2. The Labute approximate surface area is 148 Å². The van der Waals surface area contributed by atoms with Crippen LogP contribution in [0.25, 0.3) is 0 Å². The van der Waals surface area contributed by atoms with E-state index >= 15 is 0 Å². The Hall–Kier alpha value is -3.06. The van der Waals surface area contributed by atoms with E-state index in [-0.39, 0.29) is 22.2 Å². The van der Waals surface area contributed by atoms with Gasteiger partial charge in [-0.25, -0.2) is 4.79 Å². The predicted molar refractivity (Wildman–Crippen MR) is 91.9 cm³/mol. The van der Waals surface area contributed by atoms with Gasteiger partial charge in [0.2, 0.25) is 0 Å². The number of amides is 2. The summed E-state index contributed by atoms with van der Waals surface area (Å²) in [6.45, 7) is -0.561. The molecule has 2 amide bonds. The zero-order valence-electron chi connectivity index (χ0n) is 13.2. The normalized spacial score (nSPS) is 10.0. The second kappa shape index (κ2) is 8.16. The highest BCUT2D eigenvalue weighted by Gasteiger charge is 2.15. The van der Waals surface area contributed by atoms with Gasteiger partial charge in [0.25, 0.3) is 11.8 Å². The first-order valence-electron chi connectivity index (χ1n) is 7.18. The summed E-state index contributed by atoms with van der Waals surface area (Å²) in [6, 6.07) is 10.2. The fourth-order valence-electron chi connectivity index (χ4n) is 1.96. The lowest BCUT2D eigenvalue weighted by atomic mass is 10.2. The average Bonchev–Trinajstić information content (AvgIpc) is 2.61. The van der Waals surface area contributed by atoms with E-state index in [0.717, 1.165) is 0 Å². The monoisotopic (exact) mass is 362 g/mol. The molecule has 25 heavy (non-hydrogen) atoms. The second-order valence-corrected chi connectivity index (χ2v) is 5.38. The minimum Gasteiger partial charge on any atom is -0.507 e. The van der Waals surface area contributed by atoms with Gasteiger partial charge in [0, 0.05) is 23.3 Å². The van der Waals surface area contributed by atoms with E-state index in [0.29, 0.717) is 11.3 Å². The van der Waals surface area contributed by atoms with Crippen LogP contribution in [0.2, 0.25) is 5.02 Å². The highest BCUT2D eigenvalue weighted by molar-refractivity contribution is 6.31. The molecule has 2 aromatic rings. The number of aromatic hydroxyl groups is 1. The largest absolute Gasteiger partial charge is 0.507 e. The molecule has 0 saturated carbocycles. The number of carbonyl (C=O) groups excluding carboxylic acids is 3. The minimum absolute atomic E-state index is 0.137. The van der Waals surface area contributed by atoms with E-state index in [4.69, 9.17) is 16.3 Å². The number of rotatable bonds is 5. The second-order valence-electron chi connectivity index (χ2n) is 4.95. The van der Waals surface area contributed by atoms with Gasteiger partial charge < -0.3 is 20.5 Å². The standard InChI is InChI=1S/C17H15ClN2O5/c1-19-16(23)10-3-2-4-12(7-10)20-15(22)9-25-17(24)13-8-11(18)5-6-14(13)21/h2-8,21H,9H2,1H3,(H,19,23)(H,20,22). The highest BCUT2D eigenvalue weighted by Crippen LogP contribution is 2.22. The van der Waals surface area contributed by atoms with Gasteiger partial charge in [-0.2, -0.15) is 0 Å². The number of phenols is 1. The Balaban J connectivity index is 1.96. The molecule has 0 saturated heterocycles. The van der Waals surface area contributed by atoms with E-state index in [1.165, 1.54) is 31.3 Å². The highest BCUT2D eigenvalue weighted by atomic mass is 35.5. The summed E-state index contributed by atoms with van der Waals surface area (Å²) >= 11 is 5.75. The van der Waals surface area contributed by atoms with Crippen LogP contribution in [0.4, 0.5) is 5.69 Å². The van der Waals surface area contributed by atoms with Crippen molar-refractivity contribution in [1.29, 1.82) is 0 Å². The molecule has 0 unspecified atom stereocenters. The third-order valence-electron chi connectivity index (χ3n) is 3.15. The maximum Gasteiger partial charge on any atom is 0.342 e. The zero-order chi connectivity index (χ0) is 18.4. The van der Waals surface area contributed by atoms with Crippen LogP contribution in [0.1, 0.15) is 20.7 Å². The Morgan fingerprint density at radius 1 is 1.16 bits per heavy atom. The van der Waals surface area contributed by atoms with Crippen LogP contribution in [-0.4, -0.2) is 36.5 Å². The molecule has 8 heteroatoms. The maximum atomic E-state index is 11.9. The average molecular weight is 363 g/mol. The van der Waals surface area contributed by atoms with Gasteiger partial charge in [-0.05, 0) is 36.4 Å². The van der Waals surface area contributed by atoms with Crippen LogP contribution >= 0.6 is 11.6 Å². The maximum absolute atomic E-state index is 11.9. The summed E-state index contributed by atoms with van der Waals surface area (Å²) in [5.74, 6) is -2.06. The van der Waals surface area contributed by atoms with Crippen LogP contribution in [0.5, 0.6) is 5.75 Å². The van der Waals surface area contributed by atoms with Crippen molar-refractivity contribution in [2.45, 2.75) is 0 Å². The molecule has 0 aliphatic rings. The molecule has 7 nitrogen and oxygen atoms in total. The Morgan fingerprint density at radius 2 is 1.92 bits per heavy atom. The third kappa shape index (κ3) is 4.95. The predicted octanol–water partition coefficient (Wildman–Crippen LogP) is 2.20.